The highest BCUT2D eigenvalue weighted by atomic mass is 35.5. The molecule has 2 N–H and O–H groups in total. The zero-order chi connectivity index (χ0) is 15.8. The molecule has 0 spiro atoms. The van der Waals surface area contributed by atoms with Crippen molar-refractivity contribution < 1.29 is 0 Å². The van der Waals surface area contributed by atoms with Crippen LogP contribution in [0.3, 0.4) is 0 Å². The van der Waals surface area contributed by atoms with E-state index in [1.165, 1.54) is 4.80 Å². The third-order valence-corrected chi connectivity index (χ3v) is 3.88. The van der Waals surface area contributed by atoms with Crippen molar-refractivity contribution in [3.63, 3.8) is 0 Å². The third-order valence-electron chi connectivity index (χ3n) is 3.88. The third kappa shape index (κ3) is 2.66. The summed E-state index contributed by atoms with van der Waals surface area (Å²) >= 11 is 0. The molecule has 4 rings (SSSR count). The minimum atomic E-state index is 0. The molecule has 2 aromatic carbocycles. The number of rotatable bonds is 3. The highest BCUT2D eigenvalue weighted by molar-refractivity contribution is 5.88. The molecule has 24 heavy (non-hydrogen) atoms. The molecular weight excluding hydrogens is 324 g/mol. The number of halogens is 1. The number of nitrogens with two attached hydrogens (primary N) is 1. The van der Waals surface area contributed by atoms with Crippen LogP contribution in [0.1, 0.15) is 5.56 Å². The second kappa shape index (κ2) is 6.43. The van der Waals surface area contributed by atoms with E-state index in [2.05, 4.69) is 50.3 Å². The smallest absolute Gasteiger partial charge is 0.221 e. The van der Waals surface area contributed by atoms with E-state index in [0.717, 1.165) is 27.8 Å². The zero-order valence-electron chi connectivity index (χ0n) is 13.1. The minimum Gasteiger partial charge on any atom is -0.326 e. The maximum absolute atomic E-state index is 5.70. The lowest BCUT2D eigenvalue weighted by Crippen LogP contribution is -2.00. The molecule has 0 saturated heterocycles. The predicted octanol–water partition coefficient (Wildman–Crippen LogP) is 2.70. The van der Waals surface area contributed by atoms with Crippen molar-refractivity contribution in [1.29, 1.82) is 0 Å². The predicted molar refractivity (Wildman–Crippen MR) is 96.2 cm³/mol. The lowest BCUT2D eigenvalue weighted by molar-refractivity contribution is 0.630. The number of para-hydroxylation sites is 1. The molecule has 0 saturated carbocycles. The molecule has 0 fully saturated rings. The Morgan fingerprint density at radius 1 is 1.04 bits per heavy atom. The van der Waals surface area contributed by atoms with Crippen molar-refractivity contribution in [3.05, 3.63) is 60.2 Å². The second-order valence-electron chi connectivity index (χ2n) is 5.40. The van der Waals surface area contributed by atoms with Gasteiger partial charge in [0.15, 0.2) is 0 Å². The average Bonchev–Trinajstić information content (AvgIpc) is 3.18. The van der Waals surface area contributed by atoms with Crippen LogP contribution >= 0.6 is 12.4 Å². The largest absolute Gasteiger partial charge is 0.326 e. The topological polar surface area (TPSA) is 74.5 Å². The molecule has 6 nitrogen and oxygen atoms in total. The first kappa shape index (κ1) is 16.2. The molecule has 4 aromatic rings. The summed E-state index contributed by atoms with van der Waals surface area (Å²) in [5.41, 5.74) is 9.87. The van der Waals surface area contributed by atoms with Gasteiger partial charge in [0, 0.05) is 17.6 Å². The molecule has 0 bridgehead atoms. The van der Waals surface area contributed by atoms with Gasteiger partial charge in [0.1, 0.15) is 0 Å². The Kier molecular flexibility index (Phi) is 4.33. The number of hydrogen-bond donors (Lipinski definition) is 1. The summed E-state index contributed by atoms with van der Waals surface area (Å²) in [5.74, 6) is 0.603. The Balaban J connectivity index is 0.00000169. The van der Waals surface area contributed by atoms with E-state index in [0.29, 0.717) is 12.4 Å². The summed E-state index contributed by atoms with van der Waals surface area (Å²) in [7, 11) is 1.76. The zero-order valence-corrected chi connectivity index (χ0v) is 13.9. The van der Waals surface area contributed by atoms with E-state index in [4.69, 9.17) is 5.73 Å². The van der Waals surface area contributed by atoms with Gasteiger partial charge in [-0.15, -0.1) is 22.6 Å². The van der Waals surface area contributed by atoms with Gasteiger partial charge < -0.3 is 10.3 Å². The fraction of sp³-hybridized carbons (Fsp3) is 0.118. The van der Waals surface area contributed by atoms with Crippen LogP contribution in [0.2, 0.25) is 0 Å². The van der Waals surface area contributed by atoms with Crippen molar-refractivity contribution in [3.8, 4) is 17.2 Å². The van der Waals surface area contributed by atoms with Crippen LogP contribution in [-0.2, 0) is 13.6 Å². The highest BCUT2D eigenvalue weighted by Gasteiger charge is 2.15. The molecule has 0 aliphatic rings. The van der Waals surface area contributed by atoms with Crippen LogP contribution in [0.15, 0.2) is 54.6 Å². The fourth-order valence-corrected chi connectivity index (χ4v) is 2.77. The Morgan fingerprint density at radius 2 is 1.79 bits per heavy atom. The van der Waals surface area contributed by atoms with E-state index in [1.54, 1.807) is 7.05 Å². The number of benzene rings is 2. The van der Waals surface area contributed by atoms with Crippen LogP contribution in [0.4, 0.5) is 0 Å². The lowest BCUT2D eigenvalue weighted by atomic mass is 10.2. The fourth-order valence-electron chi connectivity index (χ4n) is 2.77. The molecule has 7 heteroatoms. The quantitative estimate of drug-likeness (QED) is 0.622. The van der Waals surface area contributed by atoms with Gasteiger partial charge in [-0.05, 0) is 35.0 Å². The molecule has 2 heterocycles. The van der Waals surface area contributed by atoms with E-state index in [1.807, 2.05) is 24.3 Å². The van der Waals surface area contributed by atoms with E-state index in [9.17, 15) is 0 Å². The molecule has 0 unspecified atom stereocenters. The normalized spacial score (nSPS) is 10.8. The average molecular weight is 341 g/mol. The van der Waals surface area contributed by atoms with E-state index < -0.39 is 0 Å². The molecule has 0 aliphatic heterocycles. The van der Waals surface area contributed by atoms with Gasteiger partial charge in [0.05, 0.1) is 18.3 Å². The number of fused-ring (bicyclic) bond motifs is 1. The Bertz CT molecular complexity index is 970. The van der Waals surface area contributed by atoms with E-state index in [-0.39, 0.29) is 12.4 Å². The number of tetrazole rings is 1. The van der Waals surface area contributed by atoms with Gasteiger partial charge in [-0.1, -0.05) is 30.3 Å². The standard InChI is InChI=1S/C17H16N6.ClH/c1-22-20-17(19-21-22)16-10-13-4-2-3-5-15(13)23(16)14-8-6-12(11-18)7-9-14;/h2-10H,11,18H2,1H3;1H. The van der Waals surface area contributed by atoms with Crippen molar-refractivity contribution in [2.24, 2.45) is 12.8 Å². The molecule has 122 valence electrons. The number of aryl methyl sites for hydroxylation is 1. The second-order valence-corrected chi connectivity index (χ2v) is 5.40. The number of hydrogen-bond acceptors (Lipinski definition) is 4. The van der Waals surface area contributed by atoms with Crippen LogP contribution in [0.25, 0.3) is 28.1 Å². The van der Waals surface area contributed by atoms with Gasteiger partial charge in [0.2, 0.25) is 5.82 Å². The molecule has 2 aromatic heterocycles. The first-order valence-electron chi connectivity index (χ1n) is 7.40. The maximum atomic E-state index is 5.70. The van der Waals surface area contributed by atoms with Gasteiger partial charge in [-0.25, -0.2) is 0 Å². The van der Waals surface area contributed by atoms with E-state index >= 15 is 0 Å². The van der Waals surface area contributed by atoms with Crippen LogP contribution in [0.5, 0.6) is 0 Å². The summed E-state index contributed by atoms with van der Waals surface area (Å²) in [6, 6.07) is 18.5. The summed E-state index contributed by atoms with van der Waals surface area (Å²) in [4.78, 5) is 1.47. The highest BCUT2D eigenvalue weighted by Crippen LogP contribution is 2.29. The first-order valence-corrected chi connectivity index (χ1v) is 7.40. The van der Waals surface area contributed by atoms with Crippen molar-refractivity contribution in [2.45, 2.75) is 6.54 Å². The van der Waals surface area contributed by atoms with Crippen LogP contribution < -0.4 is 5.73 Å². The number of aromatic nitrogens is 5. The summed E-state index contributed by atoms with van der Waals surface area (Å²) in [5, 5.41) is 13.6. The van der Waals surface area contributed by atoms with Gasteiger partial charge in [-0.2, -0.15) is 4.80 Å². The van der Waals surface area contributed by atoms with Crippen LogP contribution in [-0.4, -0.2) is 24.8 Å². The van der Waals surface area contributed by atoms with Crippen molar-refractivity contribution in [1.82, 2.24) is 24.8 Å². The van der Waals surface area contributed by atoms with Gasteiger partial charge in [0.25, 0.3) is 0 Å². The summed E-state index contributed by atoms with van der Waals surface area (Å²) in [6.07, 6.45) is 0. The SMILES string of the molecule is Cl.Cn1nnc(-c2cc3ccccc3n2-c2ccc(CN)cc2)n1. The molecule has 0 radical (unpaired) electrons. The van der Waals surface area contributed by atoms with Crippen molar-refractivity contribution in [2.75, 3.05) is 0 Å². The molecule has 0 atom stereocenters. The number of nitrogens with zero attached hydrogens (tertiary/aromatic N) is 5. The first-order chi connectivity index (χ1) is 11.3. The molecule has 0 amide bonds. The Labute approximate surface area is 145 Å². The lowest BCUT2D eigenvalue weighted by Gasteiger charge is -2.09. The monoisotopic (exact) mass is 340 g/mol. The van der Waals surface area contributed by atoms with Crippen LogP contribution in [0, 0.1) is 0 Å². The summed E-state index contributed by atoms with van der Waals surface area (Å²) in [6.45, 7) is 0.533. The van der Waals surface area contributed by atoms with Gasteiger partial charge >= 0.3 is 0 Å². The Hall–Kier alpha value is -2.70. The van der Waals surface area contributed by atoms with Gasteiger partial charge in [-0.3, -0.25) is 0 Å². The maximum Gasteiger partial charge on any atom is 0.221 e. The van der Waals surface area contributed by atoms with Crippen molar-refractivity contribution >= 4 is 23.3 Å². The Morgan fingerprint density at radius 3 is 2.46 bits per heavy atom. The summed E-state index contributed by atoms with van der Waals surface area (Å²) < 4.78 is 2.15. The minimum absolute atomic E-state index is 0. The molecular formula is C17H17ClN6. The molecule has 0 aliphatic carbocycles.